The Balaban J connectivity index is 2.17. The SMILES string of the molecule is CCNC(=NCc1c(CC)nn(C)c1CC)NC(C)c1ccc(Cl)cc1. The molecule has 0 aliphatic rings. The molecule has 1 aromatic carbocycles. The second kappa shape index (κ2) is 9.62. The third kappa shape index (κ3) is 5.01. The lowest BCUT2D eigenvalue weighted by Crippen LogP contribution is -2.38. The quantitative estimate of drug-likeness (QED) is 0.567. The van der Waals surface area contributed by atoms with E-state index in [-0.39, 0.29) is 6.04 Å². The molecule has 0 saturated carbocycles. The molecular formula is C20H30ClN5. The highest BCUT2D eigenvalue weighted by molar-refractivity contribution is 6.30. The van der Waals surface area contributed by atoms with Gasteiger partial charge in [0.2, 0.25) is 0 Å². The van der Waals surface area contributed by atoms with Gasteiger partial charge in [-0.3, -0.25) is 4.68 Å². The monoisotopic (exact) mass is 375 g/mol. The van der Waals surface area contributed by atoms with Crippen molar-refractivity contribution in [3.05, 3.63) is 51.8 Å². The minimum absolute atomic E-state index is 0.134. The van der Waals surface area contributed by atoms with Crippen LogP contribution in [-0.2, 0) is 26.4 Å². The summed E-state index contributed by atoms with van der Waals surface area (Å²) in [4.78, 5) is 4.81. The highest BCUT2D eigenvalue weighted by Crippen LogP contribution is 2.18. The van der Waals surface area contributed by atoms with Gasteiger partial charge < -0.3 is 10.6 Å². The van der Waals surface area contributed by atoms with Crippen molar-refractivity contribution in [3.63, 3.8) is 0 Å². The van der Waals surface area contributed by atoms with Gasteiger partial charge in [0.05, 0.1) is 18.3 Å². The van der Waals surface area contributed by atoms with Crippen molar-refractivity contribution in [1.29, 1.82) is 0 Å². The van der Waals surface area contributed by atoms with Crippen molar-refractivity contribution in [2.45, 2.75) is 53.1 Å². The Bertz CT molecular complexity index is 733. The molecule has 0 amide bonds. The molecule has 1 atom stereocenters. The predicted molar refractivity (Wildman–Crippen MR) is 110 cm³/mol. The number of aromatic nitrogens is 2. The summed E-state index contributed by atoms with van der Waals surface area (Å²) in [5.41, 5.74) is 4.81. The molecule has 6 heteroatoms. The number of aryl methyl sites for hydroxylation is 2. The Morgan fingerprint density at radius 3 is 2.46 bits per heavy atom. The predicted octanol–water partition coefficient (Wildman–Crippen LogP) is 4.01. The minimum atomic E-state index is 0.134. The van der Waals surface area contributed by atoms with Crippen molar-refractivity contribution in [2.75, 3.05) is 6.54 Å². The van der Waals surface area contributed by atoms with E-state index in [4.69, 9.17) is 16.6 Å². The Morgan fingerprint density at radius 1 is 1.19 bits per heavy atom. The van der Waals surface area contributed by atoms with Crippen LogP contribution in [0.3, 0.4) is 0 Å². The molecule has 0 spiro atoms. The van der Waals surface area contributed by atoms with Crippen molar-refractivity contribution >= 4 is 17.6 Å². The number of halogens is 1. The minimum Gasteiger partial charge on any atom is -0.357 e. The van der Waals surface area contributed by atoms with Gasteiger partial charge in [-0.15, -0.1) is 0 Å². The Hall–Kier alpha value is -2.01. The third-order valence-corrected chi connectivity index (χ3v) is 4.74. The van der Waals surface area contributed by atoms with E-state index < -0.39 is 0 Å². The second-order valence-electron chi connectivity index (χ2n) is 6.32. The molecule has 2 N–H and O–H groups in total. The zero-order valence-electron chi connectivity index (χ0n) is 16.4. The van der Waals surface area contributed by atoms with E-state index in [1.807, 2.05) is 36.0 Å². The van der Waals surface area contributed by atoms with Crippen LogP contribution < -0.4 is 10.6 Å². The maximum Gasteiger partial charge on any atom is 0.192 e. The van der Waals surface area contributed by atoms with Crippen LogP contribution in [0.2, 0.25) is 5.02 Å². The summed E-state index contributed by atoms with van der Waals surface area (Å²) < 4.78 is 1.99. The van der Waals surface area contributed by atoms with Crippen LogP contribution in [0.15, 0.2) is 29.3 Å². The number of aliphatic imine (C=N–C) groups is 1. The third-order valence-electron chi connectivity index (χ3n) is 4.49. The van der Waals surface area contributed by atoms with Crippen LogP contribution in [0.1, 0.15) is 56.3 Å². The molecule has 0 aliphatic heterocycles. The Labute approximate surface area is 161 Å². The van der Waals surface area contributed by atoms with Crippen molar-refractivity contribution in [1.82, 2.24) is 20.4 Å². The first kappa shape index (κ1) is 20.3. The number of hydrogen-bond acceptors (Lipinski definition) is 2. The number of nitrogens with zero attached hydrogens (tertiary/aromatic N) is 3. The lowest BCUT2D eigenvalue weighted by Gasteiger charge is -2.18. The number of hydrogen-bond donors (Lipinski definition) is 2. The first-order valence-corrected chi connectivity index (χ1v) is 9.71. The fourth-order valence-electron chi connectivity index (χ4n) is 3.09. The van der Waals surface area contributed by atoms with Gasteiger partial charge in [0.15, 0.2) is 5.96 Å². The lowest BCUT2D eigenvalue weighted by molar-refractivity contribution is 0.685. The number of guanidine groups is 1. The molecule has 0 bridgehead atoms. The first-order valence-electron chi connectivity index (χ1n) is 9.33. The highest BCUT2D eigenvalue weighted by atomic mass is 35.5. The smallest absolute Gasteiger partial charge is 0.192 e. The summed E-state index contributed by atoms with van der Waals surface area (Å²) in [6.07, 6.45) is 1.88. The molecule has 0 aliphatic carbocycles. The maximum atomic E-state index is 5.98. The topological polar surface area (TPSA) is 54.2 Å². The van der Waals surface area contributed by atoms with Gasteiger partial charge in [0.25, 0.3) is 0 Å². The second-order valence-corrected chi connectivity index (χ2v) is 6.75. The van der Waals surface area contributed by atoms with Crippen LogP contribution in [0.4, 0.5) is 0 Å². The Kier molecular flexibility index (Phi) is 7.51. The standard InChI is InChI=1S/C20H30ClN5/c1-6-18-17(19(7-2)26(5)25-18)13-23-20(22-8-3)24-14(4)15-9-11-16(21)12-10-15/h9-12,14H,6-8,13H2,1-5H3,(H2,22,23,24). The van der Waals surface area contributed by atoms with Crippen molar-refractivity contribution < 1.29 is 0 Å². The molecule has 1 heterocycles. The molecule has 26 heavy (non-hydrogen) atoms. The number of nitrogens with one attached hydrogen (secondary N) is 2. The van der Waals surface area contributed by atoms with Gasteiger partial charge in [-0.1, -0.05) is 37.6 Å². The normalized spacial score (nSPS) is 12.9. The van der Waals surface area contributed by atoms with Crippen LogP contribution in [-0.4, -0.2) is 22.3 Å². The van der Waals surface area contributed by atoms with Gasteiger partial charge in [-0.05, 0) is 44.4 Å². The molecule has 2 rings (SSSR count). The molecule has 1 aromatic heterocycles. The van der Waals surface area contributed by atoms with Crippen molar-refractivity contribution in [3.8, 4) is 0 Å². The van der Waals surface area contributed by atoms with Crippen LogP contribution in [0.25, 0.3) is 0 Å². The van der Waals surface area contributed by atoms with E-state index in [1.54, 1.807) is 0 Å². The van der Waals surface area contributed by atoms with Gasteiger partial charge in [0, 0.05) is 29.9 Å². The van der Waals surface area contributed by atoms with E-state index in [9.17, 15) is 0 Å². The molecule has 1 unspecified atom stereocenters. The largest absolute Gasteiger partial charge is 0.357 e. The van der Waals surface area contributed by atoms with E-state index in [0.717, 1.165) is 36.1 Å². The average Bonchev–Trinajstić information content (AvgIpc) is 2.95. The van der Waals surface area contributed by atoms with E-state index >= 15 is 0 Å². The Morgan fingerprint density at radius 2 is 1.88 bits per heavy atom. The zero-order chi connectivity index (χ0) is 19.1. The summed E-state index contributed by atoms with van der Waals surface area (Å²) in [6.45, 7) is 9.94. The summed E-state index contributed by atoms with van der Waals surface area (Å²) in [6, 6.07) is 8.03. The summed E-state index contributed by atoms with van der Waals surface area (Å²) >= 11 is 5.98. The summed E-state index contributed by atoms with van der Waals surface area (Å²) in [7, 11) is 2.01. The zero-order valence-corrected chi connectivity index (χ0v) is 17.2. The van der Waals surface area contributed by atoms with Gasteiger partial charge >= 0.3 is 0 Å². The molecular weight excluding hydrogens is 346 g/mol. The molecule has 2 aromatic rings. The van der Waals surface area contributed by atoms with Gasteiger partial charge in [0.1, 0.15) is 0 Å². The van der Waals surface area contributed by atoms with Crippen LogP contribution >= 0.6 is 11.6 Å². The van der Waals surface area contributed by atoms with Crippen LogP contribution in [0, 0.1) is 0 Å². The molecule has 142 valence electrons. The number of rotatable bonds is 7. The van der Waals surface area contributed by atoms with E-state index in [2.05, 4.69) is 43.4 Å². The molecule has 0 radical (unpaired) electrons. The average molecular weight is 376 g/mol. The summed E-state index contributed by atoms with van der Waals surface area (Å²) in [5, 5.41) is 12.2. The van der Waals surface area contributed by atoms with Gasteiger partial charge in [-0.2, -0.15) is 5.10 Å². The first-order chi connectivity index (χ1) is 12.5. The van der Waals surface area contributed by atoms with E-state index in [0.29, 0.717) is 6.54 Å². The molecule has 5 nitrogen and oxygen atoms in total. The fourth-order valence-corrected chi connectivity index (χ4v) is 3.22. The highest BCUT2D eigenvalue weighted by Gasteiger charge is 2.14. The van der Waals surface area contributed by atoms with E-state index in [1.165, 1.54) is 16.8 Å². The van der Waals surface area contributed by atoms with Crippen molar-refractivity contribution in [2.24, 2.45) is 12.0 Å². The molecule has 0 saturated heterocycles. The van der Waals surface area contributed by atoms with Crippen LogP contribution in [0.5, 0.6) is 0 Å². The van der Waals surface area contributed by atoms with Gasteiger partial charge in [-0.25, -0.2) is 4.99 Å². The number of benzene rings is 1. The summed E-state index contributed by atoms with van der Waals surface area (Å²) in [5.74, 6) is 0.808. The maximum absolute atomic E-state index is 5.98. The molecule has 0 fully saturated rings. The fraction of sp³-hybridized carbons (Fsp3) is 0.500. The lowest BCUT2D eigenvalue weighted by atomic mass is 10.1.